The van der Waals surface area contributed by atoms with Crippen LogP contribution in [0.1, 0.15) is 12.0 Å². The maximum absolute atomic E-state index is 11.3. The van der Waals surface area contributed by atoms with Gasteiger partial charge in [0.15, 0.2) is 0 Å². The fourth-order valence-electron chi connectivity index (χ4n) is 2.58. The van der Waals surface area contributed by atoms with Crippen molar-refractivity contribution in [3.63, 3.8) is 0 Å². The second kappa shape index (κ2) is 5.80. The molecule has 2 nitrogen and oxygen atoms in total. The third-order valence-corrected chi connectivity index (χ3v) is 3.61. The molecule has 3 aromatic carbocycles. The minimum atomic E-state index is -0.226. The van der Waals surface area contributed by atoms with E-state index in [-0.39, 0.29) is 12.4 Å². The summed E-state index contributed by atoms with van der Waals surface area (Å²) in [6.07, 6.45) is 4.16. The van der Waals surface area contributed by atoms with Gasteiger partial charge in [-0.1, -0.05) is 60.7 Å². The van der Waals surface area contributed by atoms with Crippen LogP contribution in [0.25, 0.3) is 27.6 Å². The van der Waals surface area contributed by atoms with Crippen LogP contribution in [0.5, 0.6) is 0 Å². The number of esters is 1. The molecule has 0 saturated heterocycles. The molecule has 0 radical (unpaired) electrons. The van der Waals surface area contributed by atoms with Crippen LogP contribution in [0.3, 0.4) is 0 Å². The smallest absolute Gasteiger partial charge is 0.309 e. The molecule has 3 rings (SSSR count). The first-order chi connectivity index (χ1) is 10.3. The molecule has 0 aliphatic heterocycles. The third-order valence-electron chi connectivity index (χ3n) is 3.61. The summed E-state index contributed by atoms with van der Waals surface area (Å²) in [4.78, 5) is 11.3. The second-order valence-corrected chi connectivity index (χ2v) is 4.92. The summed E-state index contributed by atoms with van der Waals surface area (Å²) < 4.78 is 4.67. The Labute approximate surface area is 123 Å². The van der Waals surface area contributed by atoms with E-state index in [0.717, 1.165) is 5.56 Å². The van der Waals surface area contributed by atoms with Gasteiger partial charge in [-0.25, -0.2) is 0 Å². The number of fused-ring (bicyclic) bond motifs is 2. The van der Waals surface area contributed by atoms with Gasteiger partial charge in [0, 0.05) is 0 Å². The molecular weight excluding hydrogens is 260 g/mol. The highest BCUT2D eigenvalue weighted by molar-refractivity contribution is 6.06. The number of methoxy groups -OCH3 is 1. The summed E-state index contributed by atoms with van der Waals surface area (Å²) in [6, 6.07) is 18.8. The van der Waals surface area contributed by atoms with Crippen LogP contribution in [0, 0.1) is 0 Å². The minimum Gasteiger partial charge on any atom is -0.469 e. The van der Waals surface area contributed by atoms with Crippen molar-refractivity contribution in [2.45, 2.75) is 6.42 Å². The maximum Gasteiger partial charge on any atom is 0.309 e. The second-order valence-electron chi connectivity index (χ2n) is 4.92. The summed E-state index contributed by atoms with van der Waals surface area (Å²) in [5.74, 6) is -0.226. The highest BCUT2D eigenvalue weighted by Crippen LogP contribution is 2.29. The lowest BCUT2D eigenvalue weighted by Crippen LogP contribution is -1.96. The van der Waals surface area contributed by atoms with E-state index in [1.807, 2.05) is 36.4 Å². The van der Waals surface area contributed by atoms with Gasteiger partial charge in [-0.3, -0.25) is 4.79 Å². The largest absolute Gasteiger partial charge is 0.469 e. The highest BCUT2D eigenvalue weighted by atomic mass is 16.5. The topological polar surface area (TPSA) is 26.3 Å². The molecule has 104 valence electrons. The summed E-state index contributed by atoms with van der Waals surface area (Å²) in [5, 5.41) is 4.79. The SMILES string of the molecule is COC(=O)CC=Cc1c2ccccc2cc2ccccc12. The van der Waals surface area contributed by atoms with Crippen molar-refractivity contribution in [1.82, 2.24) is 0 Å². The zero-order chi connectivity index (χ0) is 14.7. The molecule has 0 aromatic heterocycles. The van der Waals surface area contributed by atoms with Gasteiger partial charge in [-0.15, -0.1) is 0 Å². The Bertz CT molecular complexity index is 777. The van der Waals surface area contributed by atoms with Gasteiger partial charge >= 0.3 is 5.97 Å². The van der Waals surface area contributed by atoms with Crippen molar-refractivity contribution >= 4 is 33.6 Å². The van der Waals surface area contributed by atoms with Crippen molar-refractivity contribution in [2.24, 2.45) is 0 Å². The number of carbonyl (C=O) groups excluding carboxylic acids is 1. The first-order valence-electron chi connectivity index (χ1n) is 6.93. The Morgan fingerprint density at radius 3 is 2.14 bits per heavy atom. The number of ether oxygens (including phenoxy) is 1. The zero-order valence-electron chi connectivity index (χ0n) is 11.9. The summed E-state index contributed by atoms with van der Waals surface area (Å²) in [5.41, 5.74) is 1.15. The van der Waals surface area contributed by atoms with Gasteiger partial charge in [0.1, 0.15) is 0 Å². The molecule has 0 bridgehead atoms. The van der Waals surface area contributed by atoms with Crippen LogP contribution in [0.15, 0.2) is 60.7 Å². The molecule has 0 N–H and O–H groups in total. The number of hydrogen-bond acceptors (Lipinski definition) is 2. The van der Waals surface area contributed by atoms with Crippen LogP contribution in [-0.2, 0) is 9.53 Å². The van der Waals surface area contributed by atoms with Crippen molar-refractivity contribution in [2.75, 3.05) is 7.11 Å². The monoisotopic (exact) mass is 276 g/mol. The molecule has 0 atom stereocenters. The predicted octanol–water partition coefficient (Wildman–Crippen LogP) is 4.57. The Morgan fingerprint density at radius 1 is 1.00 bits per heavy atom. The third kappa shape index (κ3) is 2.65. The van der Waals surface area contributed by atoms with Crippen LogP contribution < -0.4 is 0 Å². The molecule has 3 aromatic rings. The number of benzene rings is 3. The number of hydrogen-bond donors (Lipinski definition) is 0. The fraction of sp³-hybridized carbons (Fsp3) is 0.105. The van der Waals surface area contributed by atoms with Crippen molar-refractivity contribution in [3.05, 3.63) is 66.2 Å². The summed E-state index contributed by atoms with van der Waals surface area (Å²) >= 11 is 0. The Kier molecular flexibility index (Phi) is 3.69. The van der Waals surface area contributed by atoms with Crippen molar-refractivity contribution < 1.29 is 9.53 Å². The molecule has 0 aliphatic carbocycles. The Morgan fingerprint density at radius 2 is 1.57 bits per heavy atom. The first-order valence-corrected chi connectivity index (χ1v) is 6.93. The summed E-state index contributed by atoms with van der Waals surface area (Å²) in [6.45, 7) is 0. The van der Waals surface area contributed by atoms with E-state index >= 15 is 0 Å². The van der Waals surface area contributed by atoms with Crippen molar-refractivity contribution in [1.29, 1.82) is 0 Å². The van der Waals surface area contributed by atoms with Crippen LogP contribution in [-0.4, -0.2) is 13.1 Å². The van der Waals surface area contributed by atoms with E-state index in [2.05, 4.69) is 35.1 Å². The highest BCUT2D eigenvalue weighted by Gasteiger charge is 2.04. The Hall–Kier alpha value is -2.61. The Balaban J connectivity index is 2.18. The molecule has 0 fully saturated rings. The summed E-state index contributed by atoms with van der Waals surface area (Å²) in [7, 11) is 1.41. The maximum atomic E-state index is 11.3. The lowest BCUT2D eigenvalue weighted by Gasteiger charge is -2.08. The minimum absolute atomic E-state index is 0.226. The first kappa shape index (κ1) is 13.4. The standard InChI is InChI=1S/C19H16O2/c1-21-19(20)12-6-11-18-16-9-4-2-7-14(16)13-15-8-3-5-10-17(15)18/h2-11,13H,12H2,1H3. The average molecular weight is 276 g/mol. The van der Waals surface area contributed by atoms with Gasteiger partial charge in [0.05, 0.1) is 13.5 Å². The molecular formula is C19H16O2. The molecule has 21 heavy (non-hydrogen) atoms. The van der Waals surface area contributed by atoms with Crippen LogP contribution >= 0.6 is 0 Å². The van der Waals surface area contributed by atoms with Crippen LogP contribution in [0.4, 0.5) is 0 Å². The van der Waals surface area contributed by atoms with Gasteiger partial charge in [0.2, 0.25) is 0 Å². The van der Waals surface area contributed by atoms with Gasteiger partial charge in [-0.2, -0.15) is 0 Å². The van der Waals surface area contributed by atoms with Crippen LogP contribution in [0.2, 0.25) is 0 Å². The van der Waals surface area contributed by atoms with E-state index in [4.69, 9.17) is 0 Å². The van der Waals surface area contributed by atoms with E-state index in [1.165, 1.54) is 28.7 Å². The van der Waals surface area contributed by atoms with E-state index in [1.54, 1.807) is 0 Å². The van der Waals surface area contributed by atoms with Gasteiger partial charge < -0.3 is 4.74 Å². The lowest BCUT2D eigenvalue weighted by molar-refractivity contribution is -0.139. The quantitative estimate of drug-likeness (QED) is 0.517. The van der Waals surface area contributed by atoms with Gasteiger partial charge in [0.25, 0.3) is 0 Å². The van der Waals surface area contributed by atoms with E-state index in [9.17, 15) is 4.79 Å². The number of rotatable bonds is 3. The van der Waals surface area contributed by atoms with E-state index in [0.29, 0.717) is 0 Å². The zero-order valence-corrected chi connectivity index (χ0v) is 11.9. The van der Waals surface area contributed by atoms with Gasteiger partial charge in [-0.05, 0) is 33.2 Å². The molecule has 2 heteroatoms. The lowest BCUT2D eigenvalue weighted by atomic mass is 9.96. The molecule has 0 spiro atoms. The molecule has 0 aliphatic rings. The molecule has 0 saturated carbocycles. The fourth-order valence-corrected chi connectivity index (χ4v) is 2.58. The average Bonchev–Trinajstić information content (AvgIpc) is 2.54. The molecule has 0 heterocycles. The van der Waals surface area contributed by atoms with E-state index < -0.39 is 0 Å². The molecule has 0 amide bonds. The normalized spacial score (nSPS) is 11.3. The molecule has 0 unspecified atom stereocenters. The number of carbonyl (C=O) groups is 1. The predicted molar refractivity (Wildman–Crippen MR) is 87.1 cm³/mol. The van der Waals surface area contributed by atoms with Crippen molar-refractivity contribution in [3.8, 4) is 0 Å².